The van der Waals surface area contributed by atoms with E-state index in [1.54, 1.807) is 18.2 Å². The molecule has 1 aliphatic carbocycles. The van der Waals surface area contributed by atoms with Crippen LogP contribution >= 0.6 is 0 Å². The van der Waals surface area contributed by atoms with Crippen molar-refractivity contribution in [3.05, 3.63) is 30.6 Å². The Morgan fingerprint density at radius 1 is 1.31 bits per heavy atom. The summed E-state index contributed by atoms with van der Waals surface area (Å²) in [5.74, 6) is 0.406. The molecule has 9 heteroatoms. The van der Waals surface area contributed by atoms with Crippen LogP contribution in [0, 0.1) is 5.92 Å². The number of carbonyl (C=O) groups excluding carboxylic acids is 2. The summed E-state index contributed by atoms with van der Waals surface area (Å²) in [6.07, 6.45) is 5.80. The van der Waals surface area contributed by atoms with Crippen molar-refractivity contribution in [1.82, 2.24) is 30.8 Å². The largest absolute Gasteiger partial charge is 0.484 e. The molecule has 1 aromatic carbocycles. The topological polar surface area (TPSA) is 111 Å². The first kappa shape index (κ1) is 17.8. The van der Waals surface area contributed by atoms with Crippen LogP contribution in [0.2, 0.25) is 0 Å². The molecule has 1 aliphatic rings. The summed E-state index contributed by atoms with van der Waals surface area (Å²) in [6, 6.07) is 6.63. The van der Waals surface area contributed by atoms with Gasteiger partial charge in [-0.05, 0) is 41.3 Å². The Bertz CT molecular complexity index is 749. The lowest BCUT2D eigenvalue weighted by atomic mass is 9.86. The van der Waals surface area contributed by atoms with Crippen LogP contribution in [0.3, 0.4) is 0 Å². The van der Waals surface area contributed by atoms with Gasteiger partial charge in [0, 0.05) is 12.1 Å². The van der Waals surface area contributed by atoms with Gasteiger partial charge in [0.25, 0.3) is 5.91 Å². The SMILES string of the molecule is C[C@H]1CCCC[C@@H]1NC(=O)NC(=O)COc1cccc(-n2cnnn2)c1. The number of tetrazole rings is 1. The number of amides is 3. The smallest absolute Gasteiger partial charge is 0.321 e. The monoisotopic (exact) mass is 358 g/mol. The third kappa shape index (κ3) is 4.78. The first-order valence-corrected chi connectivity index (χ1v) is 8.68. The number of hydrogen-bond donors (Lipinski definition) is 2. The van der Waals surface area contributed by atoms with Gasteiger partial charge >= 0.3 is 6.03 Å². The summed E-state index contributed by atoms with van der Waals surface area (Å²) < 4.78 is 6.92. The predicted molar refractivity (Wildman–Crippen MR) is 92.7 cm³/mol. The van der Waals surface area contributed by atoms with E-state index in [2.05, 4.69) is 33.1 Å². The maximum Gasteiger partial charge on any atom is 0.321 e. The number of benzene rings is 1. The van der Waals surface area contributed by atoms with Gasteiger partial charge in [-0.1, -0.05) is 25.8 Å². The fourth-order valence-electron chi connectivity index (χ4n) is 3.04. The van der Waals surface area contributed by atoms with E-state index >= 15 is 0 Å². The molecule has 1 saturated carbocycles. The van der Waals surface area contributed by atoms with Crippen molar-refractivity contribution in [2.45, 2.75) is 38.6 Å². The molecule has 9 nitrogen and oxygen atoms in total. The van der Waals surface area contributed by atoms with Gasteiger partial charge in [0.2, 0.25) is 0 Å². The van der Waals surface area contributed by atoms with Crippen LogP contribution in [0.15, 0.2) is 30.6 Å². The minimum Gasteiger partial charge on any atom is -0.484 e. The van der Waals surface area contributed by atoms with E-state index in [1.165, 1.54) is 17.4 Å². The number of nitrogens with one attached hydrogen (secondary N) is 2. The molecule has 1 heterocycles. The van der Waals surface area contributed by atoms with Crippen molar-refractivity contribution in [1.29, 1.82) is 0 Å². The van der Waals surface area contributed by atoms with Crippen LogP contribution in [-0.2, 0) is 4.79 Å². The zero-order valence-corrected chi connectivity index (χ0v) is 14.6. The Balaban J connectivity index is 1.46. The Morgan fingerprint density at radius 2 is 2.15 bits per heavy atom. The third-order valence-electron chi connectivity index (χ3n) is 4.48. The molecule has 26 heavy (non-hydrogen) atoms. The van der Waals surface area contributed by atoms with Crippen LogP contribution in [0.25, 0.3) is 5.69 Å². The maximum absolute atomic E-state index is 12.0. The quantitative estimate of drug-likeness (QED) is 0.837. The highest BCUT2D eigenvalue weighted by Crippen LogP contribution is 2.23. The van der Waals surface area contributed by atoms with E-state index in [0.717, 1.165) is 19.3 Å². The van der Waals surface area contributed by atoms with Crippen LogP contribution in [0.4, 0.5) is 4.79 Å². The maximum atomic E-state index is 12.0. The summed E-state index contributed by atoms with van der Waals surface area (Å²) >= 11 is 0. The molecule has 138 valence electrons. The highest BCUT2D eigenvalue weighted by molar-refractivity contribution is 5.95. The molecule has 1 aromatic heterocycles. The lowest BCUT2D eigenvalue weighted by molar-refractivity contribution is -0.122. The van der Waals surface area contributed by atoms with E-state index in [-0.39, 0.29) is 12.6 Å². The molecule has 3 rings (SSSR count). The van der Waals surface area contributed by atoms with E-state index in [4.69, 9.17) is 4.74 Å². The predicted octanol–water partition coefficient (Wildman–Crippen LogP) is 1.45. The lowest BCUT2D eigenvalue weighted by Gasteiger charge is -2.29. The lowest BCUT2D eigenvalue weighted by Crippen LogP contribution is -2.48. The number of aromatic nitrogens is 4. The van der Waals surface area contributed by atoms with Gasteiger partial charge in [0.1, 0.15) is 12.1 Å². The first-order chi connectivity index (χ1) is 12.6. The number of hydrogen-bond acceptors (Lipinski definition) is 6. The standard InChI is InChI=1S/C17H22N6O3/c1-12-5-2-3-8-15(12)19-17(25)20-16(24)10-26-14-7-4-6-13(9-14)23-11-18-21-22-23/h4,6-7,9,11-12,15H,2-3,5,8,10H2,1H3,(H2,19,20,24,25)/t12-,15-/m0/s1. The van der Waals surface area contributed by atoms with E-state index in [1.807, 2.05) is 6.07 Å². The van der Waals surface area contributed by atoms with Crippen LogP contribution in [0.1, 0.15) is 32.6 Å². The van der Waals surface area contributed by atoms with Gasteiger partial charge in [0.15, 0.2) is 6.61 Å². The van der Waals surface area contributed by atoms with E-state index in [9.17, 15) is 9.59 Å². The number of rotatable bonds is 5. The van der Waals surface area contributed by atoms with Gasteiger partial charge in [0.05, 0.1) is 5.69 Å². The van der Waals surface area contributed by atoms with Crippen molar-refractivity contribution in [3.8, 4) is 11.4 Å². The van der Waals surface area contributed by atoms with Crippen molar-refractivity contribution < 1.29 is 14.3 Å². The molecule has 0 aliphatic heterocycles. The van der Waals surface area contributed by atoms with Crippen LogP contribution in [0.5, 0.6) is 5.75 Å². The van der Waals surface area contributed by atoms with Gasteiger partial charge < -0.3 is 10.1 Å². The minimum atomic E-state index is -0.501. The van der Waals surface area contributed by atoms with Crippen LogP contribution < -0.4 is 15.4 Å². The van der Waals surface area contributed by atoms with Crippen LogP contribution in [-0.4, -0.2) is 44.8 Å². The van der Waals surface area contributed by atoms with Gasteiger partial charge in [-0.3, -0.25) is 10.1 Å². The normalized spacial score (nSPS) is 19.6. The highest BCUT2D eigenvalue weighted by atomic mass is 16.5. The second kappa shape index (κ2) is 8.41. The highest BCUT2D eigenvalue weighted by Gasteiger charge is 2.23. The molecule has 0 bridgehead atoms. The second-order valence-electron chi connectivity index (χ2n) is 6.43. The van der Waals surface area contributed by atoms with E-state index in [0.29, 0.717) is 17.4 Å². The second-order valence-corrected chi connectivity index (χ2v) is 6.43. The summed E-state index contributed by atoms with van der Waals surface area (Å²) in [5.41, 5.74) is 0.705. The molecule has 0 saturated heterocycles. The molecule has 2 atom stereocenters. The van der Waals surface area contributed by atoms with Crippen molar-refractivity contribution in [2.75, 3.05) is 6.61 Å². The van der Waals surface area contributed by atoms with Crippen molar-refractivity contribution >= 4 is 11.9 Å². The number of imide groups is 1. The van der Waals surface area contributed by atoms with Gasteiger partial charge in [-0.15, -0.1) is 5.10 Å². The molecule has 0 radical (unpaired) electrons. The zero-order valence-electron chi connectivity index (χ0n) is 14.6. The zero-order chi connectivity index (χ0) is 18.4. The Labute approximate surface area is 151 Å². The minimum absolute atomic E-state index is 0.116. The molecular weight excluding hydrogens is 336 g/mol. The summed E-state index contributed by atoms with van der Waals surface area (Å²) in [5, 5.41) is 16.1. The molecule has 3 amide bonds. The molecule has 2 N–H and O–H groups in total. The number of nitrogens with zero attached hydrogens (tertiary/aromatic N) is 4. The molecule has 2 aromatic rings. The fraction of sp³-hybridized carbons (Fsp3) is 0.471. The molecular formula is C17H22N6O3. The average Bonchev–Trinajstić information content (AvgIpc) is 3.17. The summed E-state index contributed by atoms with van der Waals surface area (Å²) in [7, 11) is 0. The van der Waals surface area contributed by atoms with Gasteiger partial charge in [-0.25, -0.2) is 9.48 Å². The third-order valence-corrected chi connectivity index (χ3v) is 4.48. The number of urea groups is 1. The molecule has 0 spiro atoms. The summed E-state index contributed by atoms with van der Waals surface area (Å²) in [6.45, 7) is 1.86. The fourth-order valence-corrected chi connectivity index (χ4v) is 3.04. The number of ether oxygens (including phenoxy) is 1. The Kier molecular flexibility index (Phi) is 5.77. The average molecular weight is 358 g/mol. The van der Waals surface area contributed by atoms with Crippen molar-refractivity contribution in [2.24, 2.45) is 5.92 Å². The Morgan fingerprint density at radius 3 is 2.92 bits per heavy atom. The first-order valence-electron chi connectivity index (χ1n) is 8.68. The molecule has 1 fully saturated rings. The van der Waals surface area contributed by atoms with Gasteiger partial charge in [-0.2, -0.15) is 0 Å². The van der Waals surface area contributed by atoms with Crippen molar-refractivity contribution in [3.63, 3.8) is 0 Å². The van der Waals surface area contributed by atoms with E-state index < -0.39 is 11.9 Å². The summed E-state index contributed by atoms with van der Waals surface area (Å²) in [4.78, 5) is 23.9. The Hall–Kier alpha value is -2.97. The number of carbonyl (C=O) groups is 2. The molecule has 0 unspecified atom stereocenters.